The highest BCUT2D eigenvalue weighted by Crippen LogP contribution is 2.24. The van der Waals surface area contributed by atoms with E-state index in [1.54, 1.807) is 4.90 Å². The number of amides is 2. The van der Waals surface area contributed by atoms with Crippen molar-refractivity contribution in [2.45, 2.75) is 25.4 Å². The van der Waals surface area contributed by atoms with E-state index in [1.165, 1.54) is 31.3 Å². The molecule has 3 rings (SSSR count). The lowest BCUT2D eigenvalue weighted by Gasteiger charge is -2.25. The van der Waals surface area contributed by atoms with Crippen molar-refractivity contribution in [2.75, 3.05) is 11.4 Å². The van der Waals surface area contributed by atoms with Gasteiger partial charge >= 0.3 is 0 Å². The summed E-state index contributed by atoms with van der Waals surface area (Å²) in [4.78, 5) is 42.2. The second-order valence-corrected chi connectivity index (χ2v) is 6.54. The molecule has 4 N–H and O–H groups in total. The fourth-order valence-corrected chi connectivity index (χ4v) is 3.16. The molecule has 0 radical (unpaired) electrons. The molecule has 9 nitrogen and oxygen atoms in total. The first-order valence-corrected chi connectivity index (χ1v) is 8.68. The van der Waals surface area contributed by atoms with Crippen molar-refractivity contribution >= 4 is 17.8 Å². The van der Waals surface area contributed by atoms with Gasteiger partial charge in [0.2, 0.25) is 17.6 Å². The minimum Gasteiger partial charge on any atom is -0.501 e. The summed E-state index contributed by atoms with van der Waals surface area (Å²) in [6.45, 7) is 0.494. The van der Waals surface area contributed by atoms with Crippen LogP contribution in [-0.2, 0) is 18.4 Å². The van der Waals surface area contributed by atoms with Gasteiger partial charge in [0.25, 0.3) is 11.5 Å². The molecule has 0 spiro atoms. The average molecular weight is 389 g/mol. The van der Waals surface area contributed by atoms with Gasteiger partial charge in [-0.05, 0) is 30.5 Å². The Bertz CT molecular complexity index is 973. The van der Waals surface area contributed by atoms with Gasteiger partial charge in [-0.1, -0.05) is 12.1 Å². The standard InChI is InChI=1S/C18H20FN5O4/c1-23-17(28)14(25)13(16(27)21-9-10-4-6-11(19)7-5-10)22-18(23)24-8-2-3-12(24)15(20)26/h4-7,12,25H,2-3,8-9H2,1H3,(H2,20,26)(H,21,27)/t12-/m0/s1. The van der Waals surface area contributed by atoms with E-state index in [-0.39, 0.29) is 12.5 Å². The van der Waals surface area contributed by atoms with Gasteiger partial charge in [0, 0.05) is 20.1 Å². The van der Waals surface area contributed by atoms with Gasteiger partial charge in [0.1, 0.15) is 11.9 Å². The Balaban J connectivity index is 1.89. The summed E-state index contributed by atoms with van der Waals surface area (Å²) in [7, 11) is 1.39. The zero-order valence-corrected chi connectivity index (χ0v) is 15.2. The Hall–Kier alpha value is -3.43. The Morgan fingerprint density at radius 2 is 2.04 bits per heavy atom. The van der Waals surface area contributed by atoms with E-state index in [4.69, 9.17) is 5.73 Å². The molecular weight excluding hydrogens is 369 g/mol. The third kappa shape index (κ3) is 3.66. The fraction of sp³-hybridized carbons (Fsp3) is 0.333. The molecule has 2 heterocycles. The van der Waals surface area contributed by atoms with Crippen molar-refractivity contribution < 1.29 is 19.1 Å². The van der Waals surface area contributed by atoms with Gasteiger partial charge in [-0.3, -0.25) is 19.0 Å². The Morgan fingerprint density at radius 1 is 1.36 bits per heavy atom. The average Bonchev–Trinajstić information content (AvgIpc) is 3.15. The molecule has 2 amide bonds. The first-order valence-electron chi connectivity index (χ1n) is 8.68. The summed E-state index contributed by atoms with van der Waals surface area (Å²) in [6.07, 6.45) is 1.19. The Labute approximate surface area is 159 Å². The van der Waals surface area contributed by atoms with Crippen LogP contribution in [0.25, 0.3) is 0 Å². The molecule has 28 heavy (non-hydrogen) atoms. The van der Waals surface area contributed by atoms with Crippen LogP contribution in [0.15, 0.2) is 29.1 Å². The number of hydrogen-bond donors (Lipinski definition) is 3. The number of halogens is 1. The van der Waals surface area contributed by atoms with Crippen LogP contribution in [0, 0.1) is 5.82 Å². The number of benzene rings is 1. The van der Waals surface area contributed by atoms with E-state index in [0.717, 1.165) is 4.57 Å². The second-order valence-electron chi connectivity index (χ2n) is 6.54. The van der Waals surface area contributed by atoms with Crippen LogP contribution in [0.5, 0.6) is 5.75 Å². The van der Waals surface area contributed by atoms with Crippen LogP contribution in [-0.4, -0.2) is 39.1 Å². The van der Waals surface area contributed by atoms with Crippen molar-refractivity contribution in [3.63, 3.8) is 0 Å². The van der Waals surface area contributed by atoms with E-state index in [0.29, 0.717) is 24.9 Å². The molecule has 1 aliphatic heterocycles. The number of carbonyl (C=O) groups excluding carboxylic acids is 2. The predicted molar refractivity (Wildman–Crippen MR) is 98.3 cm³/mol. The number of nitrogens with two attached hydrogens (primary N) is 1. The highest BCUT2D eigenvalue weighted by molar-refractivity contribution is 5.95. The lowest BCUT2D eigenvalue weighted by atomic mass is 10.2. The number of nitrogens with zero attached hydrogens (tertiary/aromatic N) is 3. The molecule has 1 aromatic heterocycles. The summed E-state index contributed by atoms with van der Waals surface area (Å²) in [6, 6.07) is 4.87. The number of carbonyl (C=O) groups is 2. The smallest absolute Gasteiger partial charge is 0.297 e. The molecule has 0 unspecified atom stereocenters. The largest absolute Gasteiger partial charge is 0.501 e. The molecule has 2 aromatic rings. The topological polar surface area (TPSA) is 131 Å². The van der Waals surface area contributed by atoms with E-state index in [9.17, 15) is 23.9 Å². The molecule has 1 saturated heterocycles. The summed E-state index contributed by atoms with van der Waals surface area (Å²) < 4.78 is 14.0. The molecule has 0 aliphatic carbocycles. The summed E-state index contributed by atoms with van der Waals surface area (Å²) in [5, 5.41) is 12.6. The van der Waals surface area contributed by atoms with Crippen molar-refractivity contribution in [1.29, 1.82) is 0 Å². The van der Waals surface area contributed by atoms with Crippen molar-refractivity contribution in [1.82, 2.24) is 14.9 Å². The normalized spacial score (nSPS) is 16.2. The fourth-order valence-electron chi connectivity index (χ4n) is 3.16. The van der Waals surface area contributed by atoms with E-state index < -0.39 is 40.7 Å². The second kappa shape index (κ2) is 7.67. The van der Waals surface area contributed by atoms with Gasteiger partial charge in [-0.15, -0.1) is 0 Å². The zero-order valence-electron chi connectivity index (χ0n) is 15.2. The molecule has 0 saturated carbocycles. The van der Waals surface area contributed by atoms with Crippen LogP contribution in [0.3, 0.4) is 0 Å². The Kier molecular flexibility index (Phi) is 5.30. The predicted octanol–water partition coefficient (Wildman–Crippen LogP) is 0.00910. The quantitative estimate of drug-likeness (QED) is 0.660. The highest BCUT2D eigenvalue weighted by Gasteiger charge is 2.33. The summed E-state index contributed by atoms with van der Waals surface area (Å²) in [5.74, 6) is -2.44. The molecule has 1 aromatic carbocycles. The van der Waals surface area contributed by atoms with Crippen LogP contribution in [0.1, 0.15) is 28.9 Å². The van der Waals surface area contributed by atoms with Crippen LogP contribution in [0.4, 0.5) is 10.3 Å². The minimum atomic E-state index is -0.813. The molecule has 0 bridgehead atoms. The first kappa shape index (κ1) is 19.3. The number of aromatic nitrogens is 2. The minimum absolute atomic E-state index is 0.0540. The summed E-state index contributed by atoms with van der Waals surface area (Å²) >= 11 is 0. The number of hydrogen-bond acceptors (Lipinski definition) is 6. The van der Waals surface area contributed by atoms with Crippen LogP contribution in [0.2, 0.25) is 0 Å². The Morgan fingerprint density at radius 3 is 2.68 bits per heavy atom. The lowest BCUT2D eigenvalue weighted by molar-refractivity contribution is -0.119. The molecule has 10 heteroatoms. The molecule has 1 aliphatic rings. The van der Waals surface area contributed by atoms with Crippen molar-refractivity contribution in [3.8, 4) is 5.75 Å². The number of aromatic hydroxyl groups is 1. The molecule has 1 fully saturated rings. The summed E-state index contributed by atoms with van der Waals surface area (Å²) in [5.41, 5.74) is 4.78. The molecule has 1 atom stereocenters. The van der Waals surface area contributed by atoms with E-state index >= 15 is 0 Å². The van der Waals surface area contributed by atoms with Gasteiger partial charge in [-0.2, -0.15) is 0 Å². The van der Waals surface area contributed by atoms with Crippen molar-refractivity contribution in [2.24, 2.45) is 12.8 Å². The van der Waals surface area contributed by atoms with Gasteiger partial charge in [0.15, 0.2) is 5.69 Å². The van der Waals surface area contributed by atoms with Crippen LogP contribution < -0.4 is 21.5 Å². The first-order chi connectivity index (χ1) is 13.3. The van der Waals surface area contributed by atoms with E-state index in [1.807, 2.05) is 0 Å². The SMILES string of the molecule is Cn1c(N2CCC[C@H]2C(N)=O)nc(C(=O)NCc2ccc(F)cc2)c(O)c1=O. The maximum absolute atomic E-state index is 13.0. The number of anilines is 1. The number of nitrogens with one attached hydrogen (secondary N) is 1. The van der Waals surface area contributed by atoms with Crippen molar-refractivity contribution in [3.05, 3.63) is 51.7 Å². The van der Waals surface area contributed by atoms with Gasteiger partial charge < -0.3 is 21.1 Å². The number of primary amides is 1. The lowest BCUT2D eigenvalue weighted by Crippen LogP contribution is -2.43. The van der Waals surface area contributed by atoms with Gasteiger partial charge in [0.05, 0.1) is 0 Å². The highest BCUT2D eigenvalue weighted by atomic mass is 19.1. The maximum atomic E-state index is 13.0. The third-order valence-electron chi connectivity index (χ3n) is 4.66. The zero-order chi connectivity index (χ0) is 20.4. The monoisotopic (exact) mass is 389 g/mol. The van der Waals surface area contributed by atoms with E-state index in [2.05, 4.69) is 10.3 Å². The molecular formula is C18H20FN5O4. The third-order valence-corrected chi connectivity index (χ3v) is 4.66. The van der Waals surface area contributed by atoms with Crippen LogP contribution >= 0.6 is 0 Å². The van der Waals surface area contributed by atoms with Gasteiger partial charge in [-0.25, -0.2) is 9.37 Å². The number of rotatable bonds is 5. The maximum Gasteiger partial charge on any atom is 0.297 e. The molecule has 148 valence electrons.